The highest BCUT2D eigenvalue weighted by Crippen LogP contribution is 2.23. The first kappa shape index (κ1) is 15.5. The zero-order chi connectivity index (χ0) is 15.6. The van der Waals surface area contributed by atoms with Crippen molar-refractivity contribution in [3.8, 4) is 0 Å². The van der Waals surface area contributed by atoms with Crippen LogP contribution >= 0.6 is 15.9 Å². The van der Waals surface area contributed by atoms with Gasteiger partial charge in [0.05, 0.1) is 6.04 Å². The van der Waals surface area contributed by atoms with Gasteiger partial charge in [0.2, 0.25) is 0 Å². The lowest BCUT2D eigenvalue weighted by Gasteiger charge is -2.25. The summed E-state index contributed by atoms with van der Waals surface area (Å²) in [6.07, 6.45) is 0. The smallest absolute Gasteiger partial charge is 0.254 e. The minimum atomic E-state index is -0.292. The van der Waals surface area contributed by atoms with Crippen LogP contribution in [0.4, 0.5) is 10.1 Å². The second-order valence-electron chi connectivity index (χ2n) is 4.92. The number of rotatable bonds is 3. The SMILES string of the molecule is CC(c1ccc(F)cc1)N(C)C(=O)c1cc(N)cc(Br)c1. The number of halogens is 2. The van der Waals surface area contributed by atoms with Crippen LogP contribution < -0.4 is 5.73 Å². The third-order valence-electron chi connectivity index (χ3n) is 3.42. The van der Waals surface area contributed by atoms with Gasteiger partial charge in [0.1, 0.15) is 5.82 Å². The molecule has 0 fully saturated rings. The zero-order valence-electron chi connectivity index (χ0n) is 11.8. The van der Waals surface area contributed by atoms with Crippen LogP contribution in [0, 0.1) is 5.82 Å². The second kappa shape index (κ2) is 6.26. The van der Waals surface area contributed by atoms with Gasteiger partial charge in [0, 0.05) is 22.8 Å². The number of nitrogens with zero attached hydrogens (tertiary/aromatic N) is 1. The van der Waals surface area contributed by atoms with E-state index in [0.29, 0.717) is 11.3 Å². The topological polar surface area (TPSA) is 46.3 Å². The summed E-state index contributed by atoms with van der Waals surface area (Å²) in [6.45, 7) is 1.90. The molecule has 0 radical (unpaired) electrons. The van der Waals surface area contributed by atoms with Crippen molar-refractivity contribution < 1.29 is 9.18 Å². The van der Waals surface area contributed by atoms with Gasteiger partial charge in [0.15, 0.2) is 0 Å². The Labute approximate surface area is 131 Å². The van der Waals surface area contributed by atoms with E-state index in [4.69, 9.17) is 5.73 Å². The number of nitrogens with two attached hydrogens (primary N) is 1. The molecule has 2 aromatic carbocycles. The van der Waals surface area contributed by atoms with E-state index >= 15 is 0 Å². The minimum Gasteiger partial charge on any atom is -0.399 e. The minimum absolute atomic E-state index is 0.139. The Morgan fingerprint density at radius 2 is 1.86 bits per heavy atom. The lowest BCUT2D eigenvalue weighted by molar-refractivity contribution is 0.0742. The Hall–Kier alpha value is -1.88. The highest BCUT2D eigenvalue weighted by atomic mass is 79.9. The molecule has 1 atom stereocenters. The maximum absolute atomic E-state index is 13.0. The van der Waals surface area contributed by atoms with E-state index in [1.165, 1.54) is 12.1 Å². The van der Waals surface area contributed by atoms with Crippen LogP contribution in [0.1, 0.15) is 28.9 Å². The summed E-state index contributed by atoms with van der Waals surface area (Å²) >= 11 is 3.33. The van der Waals surface area contributed by atoms with Gasteiger partial charge >= 0.3 is 0 Å². The Bertz CT molecular complexity index is 638. The number of anilines is 1. The van der Waals surface area contributed by atoms with Crippen LogP contribution in [0.15, 0.2) is 46.9 Å². The molecule has 0 spiro atoms. The molecule has 0 aliphatic carbocycles. The summed E-state index contributed by atoms with van der Waals surface area (Å²) in [4.78, 5) is 14.1. The van der Waals surface area contributed by atoms with Gasteiger partial charge in [-0.2, -0.15) is 0 Å². The molecule has 3 nitrogen and oxygen atoms in total. The zero-order valence-corrected chi connectivity index (χ0v) is 13.4. The van der Waals surface area contributed by atoms with Crippen molar-refractivity contribution in [2.45, 2.75) is 13.0 Å². The number of hydrogen-bond donors (Lipinski definition) is 1. The molecule has 0 aliphatic rings. The Balaban J connectivity index is 2.23. The predicted octanol–water partition coefficient (Wildman–Crippen LogP) is 4.00. The van der Waals surface area contributed by atoms with Gasteiger partial charge < -0.3 is 10.6 Å². The van der Waals surface area contributed by atoms with E-state index in [9.17, 15) is 9.18 Å². The fourth-order valence-electron chi connectivity index (χ4n) is 2.08. The maximum Gasteiger partial charge on any atom is 0.254 e. The molecular weight excluding hydrogens is 335 g/mol. The molecule has 2 rings (SSSR count). The number of carbonyl (C=O) groups is 1. The van der Waals surface area contributed by atoms with E-state index in [2.05, 4.69) is 15.9 Å². The number of benzene rings is 2. The second-order valence-corrected chi connectivity index (χ2v) is 5.83. The van der Waals surface area contributed by atoms with Gasteiger partial charge in [-0.15, -0.1) is 0 Å². The van der Waals surface area contributed by atoms with E-state index in [1.807, 2.05) is 6.92 Å². The fourth-order valence-corrected chi connectivity index (χ4v) is 2.59. The average Bonchev–Trinajstić information content (AvgIpc) is 2.44. The molecule has 2 N–H and O–H groups in total. The number of hydrogen-bond acceptors (Lipinski definition) is 2. The number of amides is 1. The van der Waals surface area contributed by atoms with Crippen molar-refractivity contribution >= 4 is 27.5 Å². The molecule has 0 aliphatic heterocycles. The largest absolute Gasteiger partial charge is 0.399 e. The molecule has 0 heterocycles. The third-order valence-corrected chi connectivity index (χ3v) is 3.88. The highest BCUT2D eigenvalue weighted by Gasteiger charge is 2.19. The van der Waals surface area contributed by atoms with Gasteiger partial charge in [-0.3, -0.25) is 4.79 Å². The van der Waals surface area contributed by atoms with Crippen molar-refractivity contribution in [3.63, 3.8) is 0 Å². The van der Waals surface area contributed by atoms with E-state index < -0.39 is 0 Å². The molecule has 1 amide bonds. The fraction of sp³-hybridized carbons (Fsp3) is 0.188. The summed E-state index contributed by atoms with van der Waals surface area (Å²) in [7, 11) is 1.72. The standard InChI is InChI=1S/C16H16BrFN2O/c1-10(11-3-5-14(18)6-4-11)20(2)16(21)12-7-13(17)9-15(19)8-12/h3-10H,19H2,1-2H3. The van der Waals surface area contributed by atoms with Crippen LogP contribution in [-0.2, 0) is 0 Å². The van der Waals surface area contributed by atoms with E-state index in [0.717, 1.165) is 10.0 Å². The molecule has 0 saturated carbocycles. The normalized spacial score (nSPS) is 12.0. The predicted molar refractivity (Wildman–Crippen MR) is 85.5 cm³/mol. The van der Waals surface area contributed by atoms with Crippen molar-refractivity contribution in [1.82, 2.24) is 4.90 Å². The van der Waals surface area contributed by atoms with Gasteiger partial charge in [-0.25, -0.2) is 4.39 Å². The van der Waals surface area contributed by atoms with Crippen LogP contribution in [0.2, 0.25) is 0 Å². The lowest BCUT2D eigenvalue weighted by atomic mass is 10.1. The van der Waals surface area contributed by atoms with Gasteiger partial charge in [0.25, 0.3) is 5.91 Å². The first-order valence-corrected chi connectivity index (χ1v) is 7.26. The summed E-state index contributed by atoms with van der Waals surface area (Å²) < 4.78 is 13.7. The first-order chi connectivity index (χ1) is 9.88. The maximum atomic E-state index is 13.0. The molecule has 110 valence electrons. The van der Waals surface area contributed by atoms with Crippen molar-refractivity contribution in [2.75, 3.05) is 12.8 Å². The molecule has 1 unspecified atom stereocenters. The summed E-state index contributed by atoms with van der Waals surface area (Å²) in [5.74, 6) is -0.431. The lowest BCUT2D eigenvalue weighted by Crippen LogP contribution is -2.29. The van der Waals surface area contributed by atoms with Gasteiger partial charge in [-0.1, -0.05) is 28.1 Å². The third kappa shape index (κ3) is 3.61. The molecule has 0 bridgehead atoms. The van der Waals surface area contributed by atoms with E-state index in [-0.39, 0.29) is 17.8 Å². The quantitative estimate of drug-likeness (QED) is 0.850. The molecule has 21 heavy (non-hydrogen) atoms. The van der Waals surface area contributed by atoms with Crippen LogP contribution in [0.5, 0.6) is 0 Å². The number of nitrogen functional groups attached to an aromatic ring is 1. The Morgan fingerprint density at radius 3 is 2.43 bits per heavy atom. The Kier molecular flexibility index (Phi) is 4.63. The average molecular weight is 351 g/mol. The highest BCUT2D eigenvalue weighted by molar-refractivity contribution is 9.10. The van der Waals surface area contributed by atoms with Gasteiger partial charge in [-0.05, 0) is 42.8 Å². The summed E-state index contributed by atoms with van der Waals surface area (Å²) in [6, 6.07) is 11.1. The van der Waals surface area contributed by atoms with Crippen molar-refractivity contribution in [1.29, 1.82) is 0 Å². The molecular formula is C16H16BrFN2O. The summed E-state index contributed by atoms with van der Waals surface area (Å²) in [5.41, 5.74) is 7.67. The monoisotopic (exact) mass is 350 g/mol. The molecule has 0 saturated heterocycles. The summed E-state index contributed by atoms with van der Waals surface area (Å²) in [5, 5.41) is 0. The van der Waals surface area contributed by atoms with E-state index in [1.54, 1.807) is 42.3 Å². The molecule has 0 aromatic heterocycles. The molecule has 2 aromatic rings. The Morgan fingerprint density at radius 1 is 1.24 bits per heavy atom. The van der Waals surface area contributed by atoms with Crippen molar-refractivity contribution in [2.24, 2.45) is 0 Å². The van der Waals surface area contributed by atoms with Crippen LogP contribution in [-0.4, -0.2) is 17.9 Å². The number of carbonyl (C=O) groups excluding carboxylic acids is 1. The van der Waals surface area contributed by atoms with Crippen LogP contribution in [0.3, 0.4) is 0 Å². The van der Waals surface area contributed by atoms with Crippen molar-refractivity contribution in [3.05, 3.63) is 63.9 Å². The van der Waals surface area contributed by atoms with Crippen LogP contribution in [0.25, 0.3) is 0 Å². The first-order valence-electron chi connectivity index (χ1n) is 6.47. The molecule has 5 heteroatoms.